The van der Waals surface area contributed by atoms with E-state index in [0.717, 1.165) is 24.2 Å². The second-order valence-electron chi connectivity index (χ2n) is 4.45. The summed E-state index contributed by atoms with van der Waals surface area (Å²) in [7, 11) is 0. The van der Waals surface area contributed by atoms with E-state index in [4.69, 9.17) is 0 Å². The van der Waals surface area contributed by atoms with Gasteiger partial charge in [-0.25, -0.2) is 13.8 Å². The van der Waals surface area contributed by atoms with Gasteiger partial charge in [0.2, 0.25) is 0 Å². The van der Waals surface area contributed by atoms with E-state index < -0.39 is 11.6 Å². The fourth-order valence-corrected chi connectivity index (χ4v) is 1.85. The van der Waals surface area contributed by atoms with Crippen molar-refractivity contribution in [3.05, 3.63) is 59.3 Å². The number of pyridine rings is 1. The highest BCUT2D eigenvalue weighted by molar-refractivity contribution is 5.39. The van der Waals surface area contributed by atoms with Crippen molar-refractivity contribution >= 4 is 5.82 Å². The second-order valence-corrected chi connectivity index (χ2v) is 4.45. The van der Waals surface area contributed by atoms with Crippen molar-refractivity contribution in [1.29, 1.82) is 0 Å². The lowest BCUT2D eigenvalue weighted by atomic mass is 10.1. The van der Waals surface area contributed by atoms with E-state index in [1.807, 2.05) is 31.2 Å². The van der Waals surface area contributed by atoms with Crippen molar-refractivity contribution in [2.75, 3.05) is 5.32 Å². The first-order valence-electron chi connectivity index (χ1n) is 6.26. The highest BCUT2D eigenvalue weighted by Gasteiger charge is 2.10. The fourth-order valence-electron chi connectivity index (χ4n) is 1.85. The van der Waals surface area contributed by atoms with Gasteiger partial charge in [-0.15, -0.1) is 0 Å². The molecular formula is C15H16F2N2. The van der Waals surface area contributed by atoms with Crippen LogP contribution in [0.15, 0.2) is 36.5 Å². The van der Waals surface area contributed by atoms with Gasteiger partial charge in [-0.05, 0) is 24.5 Å². The van der Waals surface area contributed by atoms with E-state index >= 15 is 0 Å². The highest BCUT2D eigenvalue weighted by atomic mass is 19.1. The van der Waals surface area contributed by atoms with Gasteiger partial charge in [-0.2, -0.15) is 0 Å². The van der Waals surface area contributed by atoms with Crippen LogP contribution in [-0.2, 0) is 6.42 Å². The Labute approximate surface area is 111 Å². The number of benzene rings is 1. The van der Waals surface area contributed by atoms with Crippen molar-refractivity contribution in [2.24, 2.45) is 0 Å². The van der Waals surface area contributed by atoms with Gasteiger partial charge in [0.1, 0.15) is 5.82 Å². The third-order valence-corrected chi connectivity index (χ3v) is 3.05. The van der Waals surface area contributed by atoms with E-state index in [-0.39, 0.29) is 11.9 Å². The zero-order valence-corrected chi connectivity index (χ0v) is 11.0. The summed E-state index contributed by atoms with van der Waals surface area (Å²) < 4.78 is 26.2. The predicted octanol–water partition coefficient (Wildman–Crippen LogP) is 4.10. The lowest BCUT2D eigenvalue weighted by Gasteiger charge is -2.15. The van der Waals surface area contributed by atoms with Crippen LogP contribution in [0.4, 0.5) is 14.6 Å². The lowest BCUT2D eigenvalue weighted by molar-refractivity contribution is 0.574. The maximum absolute atomic E-state index is 13.5. The quantitative estimate of drug-likeness (QED) is 0.897. The molecule has 0 aliphatic rings. The molecule has 1 atom stereocenters. The minimum Gasteiger partial charge on any atom is -0.361 e. The molecule has 1 unspecified atom stereocenters. The summed E-state index contributed by atoms with van der Waals surface area (Å²) in [6.07, 6.45) is 1.98. The normalized spacial score (nSPS) is 12.2. The van der Waals surface area contributed by atoms with Crippen LogP contribution in [0.5, 0.6) is 0 Å². The Morgan fingerprint density at radius 2 is 1.89 bits per heavy atom. The maximum atomic E-state index is 13.5. The molecule has 1 heterocycles. The lowest BCUT2D eigenvalue weighted by Crippen LogP contribution is -2.09. The minimum absolute atomic E-state index is 0.0634. The van der Waals surface area contributed by atoms with E-state index in [9.17, 15) is 8.78 Å². The average Bonchev–Trinajstić information content (AvgIpc) is 2.42. The van der Waals surface area contributed by atoms with Gasteiger partial charge in [0, 0.05) is 6.07 Å². The number of nitrogens with zero attached hydrogens (tertiary/aromatic N) is 1. The molecule has 0 saturated heterocycles. The molecule has 1 aromatic carbocycles. The van der Waals surface area contributed by atoms with Gasteiger partial charge in [-0.3, -0.25) is 0 Å². The van der Waals surface area contributed by atoms with Crippen LogP contribution in [0.25, 0.3) is 0 Å². The molecule has 19 heavy (non-hydrogen) atoms. The molecule has 1 N–H and O–H groups in total. The fraction of sp³-hybridized carbons (Fsp3) is 0.267. The van der Waals surface area contributed by atoms with Gasteiger partial charge in [0.05, 0.1) is 12.2 Å². The predicted molar refractivity (Wildman–Crippen MR) is 72.0 cm³/mol. The molecule has 100 valence electrons. The molecule has 1 aromatic heterocycles. The van der Waals surface area contributed by atoms with Crippen molar-refractivity contribution in [3.8, 4) is 0 Å². The molecule has 0 bridgehead atoms. The van der Waals surface area contributed by atoms with Gasteiger partial charge in [0.15, 0.2) is 11.6 Å². The zero-order valence-electron chi connectivity index (χ0n) is 11.0. The number of halogens is 2. The summed E-state index contributed by atoms with van der Waals surface area (Å²) in [5.41, 5.74) is 2.28. The van der Waals surface area contributed by atoms with Crippen LogP contribution in [0.2, 0.25) is 0 Å². The Kier molecular flexibility index (Phi) is 4.10. The van der Waals surface area contributed by atoms with Crippen LogP contribution in [-0.4, -0.2) is 4.98 Å². The summed E-state index contributed by atoms with van der Waals surface area (Å²) in [6, 6.07) is 8.81. The Hall–Kier alpha value is -1.97. The molecule has 0 aliphatic heterocycles. The molecule has 2 rings (SSSR count). The third kappa shape index (κ3) is 3.28. The standard InChI is InChI=1S/C15H16F2N2/c1-3-11-4-6-12(7-5-11)10(2)19-15-14(17)8-13(16)9-18-15/h4-10H,3H2,1-2H3,(H,18,19). The first-order valence-corrected chi connectivity index (χ1v) is 6.26. The summed E-state index contributed by atoms with van der Waals surface area (Å²) >= 11 is 0. The molecule has 0 radical (unpaired) electrons. The van der Waals surface area contributed by atoms with E-state index in [2.05, 4.69) is 17.2 Å². The smallest absolute Gasteiger partial charge is 0.168 e. The number of hydrogen-bond acceptors (Lipinski definition) is 2. The minimum atomic E-state index is -0.683. The number of aromatic nitrogens is 1. The second kappa shape index (κ2) is 5.78. The van der Waals surface area contributed by atoms with Crippen LogP contribution in [0.3, 0.4) is 0 Å². The molecule has 0 spiro atoms. The Morgan fingerprint density at radius 1 is 1.21 bits per heavy atom. The van der Waals surface area contributed by atoms with Crippen molar-refractivity contribution in [1.82, 2.24) is 4.98 Å². The third-order valence-electron chi connectivity index (χ3n) is 3.05. The molecule has 0 fully saturated rings. The number of aryl methyl sites for hydroxylation is 1. The summed E-state index contributed by atoms with van der Waals surface area (Å²) in [6.45, 7) is 4.00. The molecule has 4 heteroatoms. The first kappa shape index (κ1) is 13.5. The zero-order chi connectivity index (χ0) is 13.8. The van der Waals surface area contributed by atoms with Crippen molar-refractivity contribution in [2.45, 2.75) is 26.3 Å². The first-order chi connectivity index (χ1) is 9.10. The molecule has 2 aromatic rings. The molecule has 0 saturated carbocycles. The number of anilines is 1. The summed E-state index contributed by atoms with van der Waals surface area (Å²) in [4.78, 5) is 3.72. The van der Waals surface area contributed by atoms with Crippen LogP contribution in [0, 0.1) is 11.6 Å². The van der Waals surface area contributed by atoms with Crippen LogP contribution >= 0.6 is 0 Å². The molecule has 0 amide bonds. The highest BCUT2D eigenvalue weighted by Crippen LogP contribution is 2.20. The maximum Gasteiger partial charge on any atom is 0.168 e. The monoisotopic (exact) mass is 262 g/mol. The number of rotatable bonds is 4. The van der Waals surface area contributed by atoms with Gasteiger partial charge >= 0.3 is 0 Å². The van der Waals surface area contributed by atoms with Crippen LogP contribution < -0.4 is 5.32 Å². The Morgan fingerprint density at radius 3 is 2.47 bits per heavy atom. The number of hydrogen-bond donors (Lipinski definition) is 1. The van der Waals surface area contributed by atoms with E-state index in [0.29, 0.717) is 0 Å². The van der Waals surface area contributed by atoms with E-state index in [1.165, 1.54) is 5.56 Å². The largest absolute Gasteiger partial charge is 0.361 e. The Balaban J connectivity index is 2.13. The average molecular weight is 262 g/mol. The summed E-state index contributed by atoms with van der Waals surface area (Å²) in [5.74, 6) is -1.30. The summed E-state index contributed by atoms with van der Waals surface area (Å²) in [5, 5.41) is 2.94. The molecular weight excluding hydrogens is 246 g/mol. The van der Waals surface area contributed by atoms with Gasteiger partial charge < -0.3 is 5.32 Å². The van der Waals surface area contributed by atoms with E-state index in [1.54, 1.807) is 0 Å². The number of nitrogens with one attached hydrogen (secondary N) is 1. The topological polar surface area (TPSA) is 24.9 Å². The molecule has 2 nitrogen and oxygen atoms in total. The van der Waals surface area contributed by atoms with Gasteiger partial charge in [-0.1, -0.05) is 31.2 Å². The SMILES string of the molecule is CCc1ccc(C(C)Nc2ncc(F)cc2F)cc1. The molecule has 0 aliphatic carbocycles. The Bertz CT molecular complexity index is 553. The van der Waals surface area contributed by atoms with Gasteiger partial charge in [0.25, 0.3) is 0 Å². The van der Waals surface area contributed by atoms with Crippen molar-refractivity contribution in [3.63, 3.8) is 0 Å². The van der Waals surface area contributed by atoms with Crippen molar-refractivity contribution < 1.29 is 8.78 Å². The van der Waals surface area contributed by atoms with Crippen LogP contribution in [0.1, 0.15) is 31.0 Å².